The Hall–Kier alpha value is -4.69. The summed E-state index contributed by atoms with van der Waals surface area (Å²) in [7, 11) is 0. The van der Waals surface area contributed by atoms with Crippen molar-refractivity contribution >= 4 is 46.9 Å². The van der Waals surface area contributed by atoms with Gasteiger partial charge in [0.15, 0.2) is 0 Å². The van der Waals surface area contributed by atoms with Gasteiger partial charge in [0, 0.05) is 21.8 Å². The smallest absolute Gasteiger partial charge is 0.272 e. The van der Waals surface area contributed by atoms with Crippen LogP contribution in [-0.4, -0.2) is 23.0 Å². The van der Waals surface area contributed by atoms with Crippen molar-refractivity contribution in [3.8, 4) is 0 Å². The van der Waals surface area contributed by atoms with Gasteiger partial charge in [0.25, 0.3) is 11.8 Å². The van der Waals surface area contributed by atoms with Gasteiger partial charge in [-0.25, -0.2) is 4.39 Å². The molecule has 3 amide bonds. The van der Waals surface area contributed by atoms with E-state index in [9.17, 15) is 18.8 Å². The Morgan fingerprint density at radius 3 is 2.16 bits per heavy atom. The molecule has 1 atom stereocenters. The molecule has 0 saturated carbocycles. The number of hydrogen-bond acceptors (Lipinski definition) is 4. The van der Waals surface area contributed by atoms with E-state index in [-0.39, 0.29) is 16.9 Å². The fourth-order valence-electron chi connectivity index (χ4n) is 4.17. The molecule has 220 valence electrons. The van der Waals surface area contributed by atoms with E-state index in [2.05, 4.69) is 29.8 Å². The first-order valence-corrected chi connectivity index (χ1v) is 14.9. The molecule has 8 heteroatoms. The van der Waals surface area contributed by atoms with Gasteiger partial charge < -0.3 is 16.0 Å². The van der Waals surface area contributed by atoms with Gasteiger partial charge >= 0.3 is 0 Å². The van der Waals surface area contributed by atoms with Crippen molar-refractivity contribution in [2.45, 2.75) is 43.3 Å². The SMILES string of the molecule is CCC(Sc1cccc(NC(=O)/C(=C/c2ccc(F)cc2)NC(=O)c2ccccc2)c1)C(=O)Nc1ccc(C(C)C)cc1. The number of thioether (sulfide) groups is 1. The molecule has 0 bridgehead atoms. The standard InChI is InChI=1S/C35H34FN3O3S/c1-4-32(35(42)37-28-19-15-25(16-20-28)23(2)3)43-30-12-8-11-29(22-30)38-34(41)31(21-24-13-17-27(36)18-14-24)39-33(40)26-9-6-5-7-10-26/h5-23,32H,4H2,1-3H3,(H,37,42)(H,38,41)(H,39,40)/b31-21-. The second-order valence-electron chi connectivity index (χ2n) is 10.2. The first kappa shape index (κ1) is 31.3. The molecule has 0 heterocycles. The molecule has 0 spiro atoms. The first-order chi connectivity index (χ1) is 20.7. The Kier molecular flexibility index (Phi) is 10.9. The number of carbonyl (C=O) groups excluding carboxylic acids is 3. The lowest BCUT2D eigenvalue weighted by molar-refractivity contribution is -0.116. The average molecular weight is 596 g/mol. The highest BCUT2D eigenvalue weighted by Gasteiger charge is 2.19. The Bertz CT molecular complexity index is 1590. The third-order valence-electron chi connectivity index (χ3n) is 6.59. The summed E-state index contributed by atoms with van der Waals surface area (Å²) >= 11 is 1.40. The quantitative estimate of drug-likeness (QED) is 0.122. The van der Waals surface area contributed by atoms with Crippen molar-refractivity contribution in [3.05, 3.63) is 131 Å². The molecular formula is C35H34FN3O3S. The van der Waals surface area contributed by atoms with Crippen molar-refractivity contribution in [2.75, 3.05) is 10.6 Å². The highest BCUT2D eigenvalue weighted by atomic mass is 32.2. The fourth-order valence-corrected chi connectivity index (χ4v) is 5.19. The van der Waals surface area contributed by atoms with E-state index in [1.54, 1.807) is 48.5 Å². The largest absolute Gasteiger partial charge is 0.325 e. The zero-order chi connectivity index (χ0) is 30.8. The van der Waals surface area contributed by atoms with Gasteiger partial charge in [0.2, 0.25) is 5.91 Å². The Labute approximate surface area is 255 Å². The van der Waals surface area contributed by atoms with Crippen molar-refractivity contribution in [1.29, 1.82) is 0 Å². The Morgan fingerprint density at radius 2 is 1.51 bits per heavy atom. The number of hydrogen-bond donors (Lipinski definition) is 3. The second-order valence-corrected chi connectivity index (χ2v) is 11.5. The highest BCUT2D eigenvalue weighted by molar-refractivity contribution is 8.00. The number of anilines is 2. The normalized spacial score (nSPS) is 12.0. The van der Waals surface area contributed by atoms with E-state index in [0.717, 1.165) is 10.6 Å². The Balaban J connectivity index is 1.47. The molecule has 0 aromatic heterocycles. The summed E-state index contributed by atoms with van der Waals surface area (Å²) in [5.74, 6) is -1.11. The third-order valence-corrected chi connectivity index (χ3v) is 7.95. The number of amides is 3. The summed E-state index contributed by atoms with van der Waals surface area (Å²) in [6.07, 6.45) is 2.09. The van der Waals surface area contributed by atoms with Crippen LogP contribution in [0.5, 0.6) is 0 Å². The van der Waals surface area contributed by atoms with E-state index < -0.39 is 17.6 Å². The minimum atomic E-state index is -0.551. The van der Waals surface area contributed by atoms with Crippen molar-refractivity contribution in [3.63, 3.8) is 0 Å². The number of carbonyl (C=O) groups is 3. The molecule has 0 radical (unpaired) electrons. The minimum absolute atomic E-state index is 0.00665. The van der Waals surface area contributed by atoms with Crippen LogP contribution in [0.3, 0.4) is 0 Å². The van der Waals surface area contributed by atoms with Crippen LogP contribution in [0.15, 0.2) is 114 Å². The van der Waals surface area contributed by atoms with Crippen LogP contribution in [0.25, 0.3) is 6.08 Å². The maximum absolute atomic E-state index is 13.5. The van der Waals surface area contributed by atoms with Gasteiger partial charge in [-0.1, -0.05) is 69.3 Å². The Morgan fingerprint density at radius 1 is 0.814 bits per heavy atom. The molecule has 0 aliphatic carbocycles. The van der Waals surface area contributed by atoms with Crippen molar-refractivity contribution < 1.29 is 18.8 Å². The van der Waals surface area contributed by atoms with E-state index in [4.69, 9.17) is 0 Å². The highest BCUT2D eigenvalue weighted by Crippen LogP contribution is 2.29. The summed E-state index contributed by atoms with van der Waals surface area (Å²) in [6, 6.07) is 29.2. The van der Waals surface area contributed by atoms with E-state index in [1.807, 2.05) is 37.3 Å². The lowest BCUT2D eigenvalue weighted by Gasteiger charge is -2.16. The molecule has 6 nitrogen and oxygen atoms in total. The zero-order valence-corrected chi connectivity index (χ0v) is 25.1. The molecule has 1 unspecified atom stereocenters. The number of benzene rings is 4. The van der Waals surface area contributed by atoms with Crippen LogP contribution in [0, 0.1) is 5.82 Å². The lowest BCUT2D eigenvalue weighted by atomic mass is 10.0. The summed E-state index contributed by atoms with van der Waals surface area (Å²) in [5.41, 5.74) is 3.36. The van der Waals surface area contributed by atoms with E-state index in [0.29, 0.717) is 29.2 Å². The van der Waals surface area contributed by atoms with Gasteiger partial charge in [-0.05, 0) is 84.1 Å². The monoisotopic (exact) mass is 595 g/mol. The van der Waals surface area contributed by atoms with E-state index in [1.165, 1.54) is 47.7 Å². The molecule has 4 rings (SSSR count). The van der Waals surface area contributed by atoms with Crippen LogP contribution < -0.4 is 16.0 Å². The minimum Gasteiger partial charge on any atom is -0.325 e. The summed E-state index contributed by atoms with van der Waals surface area (Å²) < 4.78 is 13.5. The predicted molar refractivity (Wildman–Crippen MR) is 172 cm³/mol. The maximum atomic E-state index is 13.5. The number of nitrogens with one attached hydrogen (secondary N) is 3. The second kappa shape index (κ2) is 15.0. The van der Waals surface area contributed by atoms with Crippen LogP contribution in [0.1, 0.15) is 54.6 Å². The fraction of sp³-hybridized carbons (Fsp3) is 0.171. The molecule has 0 fully saturated rings. The molecule has 43 heavy (non-hydrogen) atoms. The van der Waals surface area contributed by atoms with Crippen molar-refractivity contribution in [1.82, 2.24) is 5.32 Å². The van der Waals surface area contributed by atoms with E-state index >= 15 is 0 Å². The van der Waals surface area contributed by atoms with Gasteiger partial charge in [0.1, 0.15) is 11.5 Å². The summed E-state index contributed by atoms with van der Waals surface area (Å²) in [6.45, 7) is 6.20. The molecule has 0 aliphatic heterocycles. The van der Waals surface area contributed by atoms with Crippen LogP contribution in [-0.2, 0) is 9.59 Å². The van der Waals surface area contributed by atoms with Gasteiger partial charge in [-0.2, -0.15) is 0 Å². The molecule has 0 saturated heterocycles. The van der Waals surface area contributed by atoms with Crippen LogP contribution in [0.2, 0.25) is 0 Å². The molecular weight excluding hydrogens is 561 g/mol. The van der Waals surface area contributed by atoms with Crippen LogP contribution in [0.4, 0.5) is 15.8 Å². The summed E-state index contributed by atoms with van der Waals surface area (Å²) in [5, 5.41) is 8.16. The molecule has 0 aliphatic rings. The third kappa shape index (κ3) is 9.15. The first-order valence-electron chi connectivity index (χ1n) is 14.0. The topological polar surface area (TPSA) is 87.3 Å². The number of halogens is 1. The predicted octanol–water partition coefficient (Wildman–Crippen LogP) is 7.87. The van der Waals surface area contributed by atoms with Crippen molar-refractivity contribution in [2.24, 2.45) is 0 Å². The maximum Gasteiger partial charge on any atom is 0.272 e. The molecule has 4 aromatic carbocycles. The lowest BCUT2D eigenvalue weighted by Crippen LogP contribution is -2.30. The van der Waals surface area contributed by atoms with Gasteiger partial charge in [-0.15, -0.1) is 11.8 Å². The summed E-state index contributed by atoms with van der Waals surface area (Å²) in [4.78, 5) is 40.1. The van der Waals surface area contributed by atoms with Crippen LogP contribution >= 0.6 is 11.8 Å². The zero-order valence-electron chi connectivity index (χ0n) is 24.3. The van der Waals surface area contributed by atoms with Gasteiger partial charge in [-0.3, -0.25) is 14.4 Å². The van der Waals surface area contributed by atoms with Gasteiger partial charge in [0.05, 0.1) is 5.25 Å². The molecule has 3 N–H and O–H groups in total. The number of rotatable bonds is 11. The molecule has 4 aromatic rings. The average Bonchev–Trinajstić information content (AvgIpc) is 3.01.